The minimum absolute atomic E-state index is 0.102. The molecule has 0 aliphatic carbocycles. The number of nitrogens with one attached hydrogen (secondary N) is 1. The summed E-state index contributed by atoms with van der Waals surface area (Å²) in [6.45, 7) is 3.92. The molecular formula is C21H22N4O4S. The molecule has 0 bridgehead atoms. The molecule has 3 aromatic rings. The average molecular weight is 426 g/mol. The Morgan fingerprint density at radius 2 is 1.77 bits per heavy atom. The van der Waals surface area contributed by atoms with E-state index in [1.54, 1.807) is 24.3 Å². The van der Waals surface area contributed by atoms with E-state index in [9.17, 15) is 8.42 Å². The van der Waals surface area contributed by atoms with Crippen LogP contribution in [0.2, 0.25) is 0 Å². The fourth-order valence-corrected chi connectivity index (χ4v) is 4.34. The number of sulfone groups is 1. The van der Waals surface area contributed by atoms with E-state index in [0.29, 0.717) is 26.3 Å². The van der Waals surface area contributed by atoms with Crippen molar-refractivity contribution in [2.45, 2.75) is 16.8 Å². The van der Waals surface area contributed by atoms with Crippen molar-refractivity contribution in [1.29, 1.82) is 0 Å². The van der Waals surface area contributed by atoms with Crippen LogP contribution in [-0.4, -0.2) is 45.9 Å². The van der Waals surface area contributed by atoms with Crippen LogP contribution >= 0.6 is 0 Å². The van der Waals surface area contributed by atoms with Gasteiger partial charge in [-0.25, -0.2) is 8.42 Å². The summed E-state index contributed by atoms with van der Waals surface area (Å²) in [7, 11) is -3.86. The third-order valence-electron chi connectivity index (χ3n) is 4.62. The minimum Gasteiger partial charge on any atom is -0.418 e. The van der Waals surface area contributed by atoms with Crippen molar-refractivity contribution in [3.8, 4) is 0 Å². The molecule has 0 atom stereocenters. The van der Waals surface area contributed by atoms with Crippen LogP contribution in [0.4, 0.5) is 11.6 Å². The first-order valence-electron chi connectivity index (χ1n) is 9.53. The first kappa shape index (κ1) is 20.1. The van der Waals surface area contributed by atoms with Crippen LogP contribution < -0.4 is 10.3 Å². The normalized spacial score (nSPS) is 14.9. The molecule has 1 aliphatic heterocycles. The van der Waals surface area contributed by atoms with Gasteiger partial charge in [-0.1, -0.05) is 35.9 Å². The first-order chi connectivity index (χ1) is 14.5. The Hall–Kier alpha value is -3.17. The molecule has 4 rings (SSSR count). The molecule has 9 heteroatoms. The predicted octanol–water partition coefficient (Wildman–Crippen LogP) is 3.10. The van der Waals surface area contributed by atoms with E-state index in [2.05, 4.69) is 15.5 Å². The Morgan fingerprint density at radius 1 is 1.07 bits per heavy atom. The average Bonchev–Trinajstić information content (AvgIpc) is 3.21. The number of anilines is 2. The molecule has 30 heavy (non-hydrogen) atoms. The van der Waals surface area contributed by atoms with Gasteiger partial charge >= 0.3 is 0 Å². The van der Waals surface area contributed by atoms with Crippen molar-refractivity contribution in [3.05, 3.63) is 66.1 Å². The second kappa shape index (κ2) is 8.68. The fourth-order valence-electron chi connectivity index (χ4n) is 3.01. The molecule has 2 aromatic carbocycles. The van der Waals surface area contributed by atoms with Gasteiger partial charge in [0.1, 0.15) is 6.21 Å². The van der Waals surface area contributed by atoms with E-state index >= 15 is 0 Å². The van der Waals surface area contributed by atoms with Crippen molar-refractivity contribution >= 4 is 27.6 Å². The summed E-state index contributed by atoms with van der Waals surface area (Å²) < 4.78 is 37.7. The quantitative estimate of drug-likeness (QED) is 0.478. The highest BCUT2D eigenvalue weighted by Gasteiger charge is 2.31. The molecule has 1 saturated heterocycles. The number of para-hydroxylation sites is 1. The Labute approximate surface area is 175 Å². The fraction of sp³-hybridized carbons (Fsp3) is 0.238. The van der Waals surface area contributed by atoms with Gasteiger partial charge in [0.25, 0.3) is 0 Å². The van der Waals surface area contributed by atoms with E-state index in [0.717, 1.165) is 11.3 Å². The van der Waals surface area contributed by atoms with Crippen LogP contribution in [0.15, 0.2) is 74.0 Å². The van der Waals surface area contributed by atoms with Crippen LogP contribution in [-0.2, 0) is 14.6 Å². The highest BCUT2D eigenvalue weighted by molar-refractivity contribution is 7.91. The van der Waals surface area contributed by atoms with E-state index in [1.807, 2.05) is 42.2 Å². The number of ether oxygens (including phenoxy) is 1. The zero-order valence-electron chi connectivity index (χ0n) is 16.5. The summed E-state index contributed by atoms with van der Waals surface area (Å²) in [6.07, 6.45) is 1.37. The van der Waals surface area contributed by atoms with Crippen LogP contribution in [0.3, 0.4) is 0 Å². The number of oxazole rings is 1. The molecule has 2 heterocycles. The summed E-state index contributed by atoms with van der Waals surface area (Å²) in [4.78, 5) is 6.26. The zero-order chi connectivity index (χ0) is 21.0. The van der Waals surface area contributed by atoms with Gasteiger partial charge in [0.15, 0.2) is 0 Å². The smallest absolute Gasteiger partial charge is 0.243 e. The summed E-state index contributed by atoms with van der Waals surface area (Å²) in [5.74, 6) is 0.311. The Bertz CT molecular complexity index is 1120. The van der Waals surface area contributed by atoms with Crippen molar-refractivity contribution in [1.82, 2.24) is 4.98 Å². The summed E-state index contributed by atoms with van der Waals surface area (Å²) in [5.41, 5.74) is 4.63. The van der Waals surface area contributed by atoms with Gasteiger partial charge in [-0.3, -0.25) is 5.43 Å². The SMILES string of the molecule is Cc1ccc(S(=O)(=O)c2nc(/C=N\Nc3ccccc3)oc2N2CCOCC2)cc1. The van der Waals surface area contributed by atoms with Gasteiger partial charge in [-0.2, -0.15) is 10.1 Å². The summed E-state index contributed by atoms with van der Waals surface area (Å²) >= 11 is 0. The van der Waals surface area contributed by atoms with Gasteiger partial charge in [0.2, 0.25) is 26.6 Å². The van der Waals surface area contributed by atoms with Gasteiger partial charge < -0.3 is 14.1 Å². The van der Waals surface area contributed by atoms with Crippen molar-refractivity contribution in [2.75, 3.05) is 36.6 Å². The number of aromatic nitrogens is 1. The Kier molecular flexibility index (Phi) is 5.82. The molecule has 0 spiro atoms. The number of hydrogen-bond donors (Lipinski definition) is 1. The molecule has 0 radical (unpaired) electrons. The molecule has 1 fully saturated rings. The molecule has 0 saturated carbocycles. The Morgan fingerprint density at radius 3 is 2.47 bits per heavy atom. The monoisotopic (exact) mass is 426 g/mol. The van der Waals surface area contributed by atoms with Crippen LogP contribution in [0.1, 0.15) is 11.5 Å². The number of hydrazone groups is 1. The molecular weight excluding hydrogens is 404 g/mol. The molecule has 0 amide bonds. The van der Waals surface area contributed by atoms with Crippen LogP contribution in [0.5, 0.6) is 0 Å². The van der Waals surface area contributed by atoms with Gasteiger partial charge in [0.05, 0.1) is 23.8 Å². The standard InChI is InChI=1S/C21H22N4O4S/c1-16-7-9-18(10-8-16)30(26,27)20-21(25-11-13-28-14-12-25)29-19(23-20)15-22-24-17-5-3-2-4-6-17/h2-10,15,24H,11-14H2,1H3/b22-15-. The maximum Gasteiger partial charge on any atom is 0.243 e. The Balaban J connectivity index is 1.68. The lowest BCUT2D eigenvalue weighted by Crippen LogP contribution is -2.36. The lowest BCUT2D eigenvalue weighted by Gasteiger charge is -2.26. The lowest BCUT2D eigenvalue weighted by atomic mass is 10.2. The maximum absolute atomic E-state index is 13.3. The van der Waals surface area contributed by atoms with Gasteiger partial charge in [-0.15, -0.1) is 0 Å². The maximum atomic E-state index is 13.3. The molecule has 1 aliphatic rings. The number of nitrogens with zero attached hydrogens (tertiary/aromatic N) is 3. The molecule has 1 aromatic heterocycles. The molecule has 156 valence electrons. The largest absolute Gasteiger partial charge is 0.418 e. The van der Waals surface area contributed by atoms with Crippen LogP contribution in [0.25, 0.3) is 0 Å². The highest BCUT2D eigenvalue weighted by Crippen LogP contribution is 2.31. The second-order valence-electron chi connectivity index (χ2n) is 6.81. The number of morpholine rings is 1. The molecule has 8 nitrogen and oxygen atoms in total. The first-order valence-corrected chi connectivity index (χ1v) is 11.0. The predicted molar refractivity (Wildman–Crippen MR) is 114 cm³/mol. The number of aryl methyl sites for hydroxylation is 1. The van der Waals surface area contributed by atoms with Gasteiger partial charge in [0, 0.05) is 13.1 Å². The van der Waals surface area contributed by atoms with E-state index < -0.39 is 9.84 Å². The van der Waals surface area contributed by atoms with Crippen molar-refractivity contribution < 1.29 is 17.6 Å². The zero-order valence-corrected chi connectivity index (χ0v) is 17.3. The van der Waals surface area contributed by atoms with Crippen LogP contribution in [0, 0.1) is 6.92 Å². The van der Waals surface area contributed by atoms with E-state index in [1.165, 1.54) is 6.21 Å². The van der Waals surface area contributed by atoms with E-state index in [-0.39, 0.29) is 21.7 Å². The number of benzene rings is 2. The minimum atomic E-state index is -3.86. The lowest BCUT2D eigenvalue weighted by molar-refractivity contribution is 0.120. The second-order valence-corrected chi connectivity index (χ2v) is 8.68. The number of hydrogen-bond acceptors (Lipinski definition) is 8. The summed E-state index contributed by atoms with van der Waals surface area (Å²) in [5, 5.41) is 3.99. The topological polar surface area (TPSA) is 97.0 Å². The third-order valence-corrected chi connectivity index (χ3v) is 6.29. The van der Waals surface area contributed by atoms with Gasteiger partial charge in [-0.05, 0) is 31.2 Å². The van der Waals surface area contributed by atoms with E-state index in [4.69, 9.17) is 9.15 Å². The summed E-state index contributed by atoms with van der Waals surface area (Å²) in [6, 6.07) is 16.1. The molecule has 0 unspecified atom stereocenters. The number of rotatable bonds is 6. The third kappa shape index (κ3) is 4.37. The highest BCUT2D eigenvalue weighted by atomic mass is 32.2. The van der Waals surface area contributed by atoms with Crippen molar-refractivity contribution in [3.63, 3.8) is 0 Å². The van der Waals surface area contributed by atoms with Crippen molar-refractivity contribution in [2.24, 2.45) is 5.10 Å². The molecule has 1 N–H and O–H groups in total.